The van der Waals surface area contributed by atoms with Gasteiger partial charge in [0.2, 0.25) is 11.8 Å². The first kappa shape index (κ1) is 12.4. The highest BCUT2D eigenvalue weighted by atomic mass is 16.2. The van der Waals surface area contributed by atoms with Crippen LogP contribution in [-0.2, 0) is 9.59 Å². The van der Waals surface area contributed by atoms with Gasteiger partial charge in [-0.3, -0.25) is 9.59 Å². The van der Waals surface area contributed by atoms with Crippen LogP contribution in [0.4, 0.5) is 5.69 Å². The van der Waals surface area contributed by atoms with Crippen LogP contribution in [0.3, 0.4) is 0 Å². The van der Waals surface area contributed by atoms with Crippen LogP contribution in [0.1, 0.15) is 31.7 Å². The summed E-state index contributed by atoms with van der Waals surface area (Å²) in [6.45, 7) is 4.12. The summed E-state index contributed by atoms with van der Waals surface area (Å²) in [4.78, 5) is 26.5. The lowest BCUT2D eigenvalue weighted by atomic mass is 9.76. The van der Waals surface area contributed by atoms with E-state index < -0.39 is 0 Å². The molecule has 2 fully saturated rings. The second kappa shape index (κ2) is 4.48. The van der Waals surface area contributed by atoms with Crippen molar-refractivity contribution in [3.05, 3.63) is 29.8 Å². The summed E-state index contributed by atoms with van der Waals surface area (Å²) in [5, 5.41) is 0. The van der Waals surface area contributed by atoms with E-state index in [1.807, 2.05) is 31.2 Å². The summed E-state index contributed by atoms with van der Waals surface area (Å²) in [7, 11) is 0. The Hall–Kier alpha value is -1.64. The predicted molar refractivity (Wildman–Crippen MR) is 73.7 cm³/mol. The number of nitrogens with zero attached hydrogens (tertiary/aromatic N) is 1. The Kier molecular flexibility index (Phi) is 2.92. The summed E-state index contributed by atoms with van der Waals surface area (Å²) >= 11 is 0. The molecule has 2 aliphatic rings. The Morgan fingerprint density at radius 3 is 2.47 bits per heavy atom. The van der Waals surface area contributed by atoms with Crippen molar-refractivity contribution in [1.29, 1.82) is 0 Å². The van der Waals surface area contributed by atoms with E-state index in [4.69, 9.17) is 0 Å². The molecule has 1 aliphatic heterocycles. The van der Waals surface area contributed by atoms with Crippen molar-refractivity contribution in [2.45, 2.75) is 33.1 Å². The van der Waals surface area contributed by atoms with Crippen molar-refractivity contribution in [2.75, 3.05) is 4.90 Å². The molecule has 0 N–H and O–H groups in total. The summed E-state index contributed by atoms with van der Waals surface area (Å²) in [6, 6.07) is 7.62. The number of carbonyl (C=O) groups excluding carboxylic acids is 2. The summed E-state index contributed by atoms with van der Waals surface area (Å²) in [6.07, 6.45) is 2.78. The SMILES string of the molecule is Cc1ccccc1N1C(=O)[C@@H]2CC[C@@H](C)C[C@H]2C1=O. The Morgan fingerprint density at radius 2 is 1.74 bits per heavy atom. The van der Waals surface area contributed by atoms with Crippen molar-refractivity contribution in [1.82, 2.24) is 0 Å². The van der Waals surface area contributed by atoms with Crippen LogP contribution in [0.5, 0.6) is 0 Å². The van der Waals surface area contributed by atoms with E-state index >= 15 is 0 Å². The minimum Gasteiger partial charge on any atom is -0.274 e. The highest BCUT2D eigenvalue weighted by molar-refractivity contribution is 6.22. The molecule has 1 heterocycles. The largest absolute Gasteiger partial charge is 0.274 e. The van der Waals surface area contributed by atoms with Gasteiger partial charge in [0.25, 0.3) is 0 Å². The van der Waals surface area contributed by atoms with Gasteiger partial charge in [-0.1, -0.05) is 25.1 Å². The number of fused-ring (bicyclic) bond motifs is 1. The molecule has 3 rings (SSSR count). The van der Waals surface area contributed by atoms with Gasteiger partial charge in [0.1, 0.15) is 0 Å². The Bertz CT molecular complexity index is 537. The van der Waals surface area contributed by atoms with Crippen molar-refractivity contribution in [3.63, 3.8) is 0 Å². The molecular formula is C16H19NO2. The van der Waals surface area contributed by atoms with Crippen LogP contribution >= 0.6 is 0 Å². The van der Waals surface area contributed by atoms with Crippen molar-refractivity contribution >= 4 is 17.5 Å². The van der Waals surface area contributed by atoms with Gasteiger partial charge in [-0.15, -0.1) is 0 Å². The molecule has 2 amide bonds. The number of carbonyl (C=O) groups is 2. The Morgan fingerprint density at radius 1 is 1.05 bits per heavy atom. The predicted octanol–water partition coefficient (Wildman–Crippen LogP) is 2.92. The fourth-order valence-corrected chi connectivity index (χ4v) is 3.44. The molecule has 0 unspecified atom stereocenters. The van der Waals surface area contributed by atoms with E-state index in [-0.39, 0.29) is 23.7 Å². The van der Waals surface area contributed by atoms with Gasteiger partial charge < -0.3 is 0 Å². The third kappa shape index (κ3) is 1.88. The standard InChI is InChI=1S/C16H19NO2/c1-10-7-8-12-13(9-10)16(19)17(15(12)18)14-6-4-3-5-11(14)2/h3-6,10,12-13H,7-9H2,1-2H3/t10-,12-,13-/m1/s1. The Labute approximate surface area is 113 Å². The van der Waals surface area contributed by atoms with Crippen LogP contribution in [0.15, 0.2) is 24.3 Å². The fourth-order valence-electron chi connectivity index (χ4n) is 3.44. The molecule has 1 aromatic rings. The third-order valence-electron chi connectivity index (χ3n) is 4.54. The number of hydrogen-bond acceptors (Lipinski definition) is 2. The van der Waals surface area contributed by atoms with E-state index in [2.05, 4.69) is 6.92 Å². The lowest BCUT2D eigenvalue weighted by Gasteiger charge is -2.25. The monoisotopic (exact) mass is 257 g/mol. The van der Waals surface area contributed by atoms with Gasteiger partial charge in [0.05, 0.1) is 17.5 Å². The maximum atomic E-state index is 12.6. The number of anilines is 1. The zero-order valence-electron chi connectivity index (χ0n) is 11.4. The van der Waals surface area contributed by atoms with E-state index in [9.17, 15) is 9.59 Å². The summed E-state index contributed by atoms with van der Waals surface area (Å²) in [5.74, 6) is 0.404. The quantitative estimate of drug-likeness (QED) is 0.725. The topological polar surface area (TPSA) is 37.4 Å². The highest BCUT2D eigenvalue weighted by Crippen LogP contribution is 2.42. The smallest absolute Gasteiger partial charge is 0.237 e. The van der Waals surface area contributed by atoms with Crippen LogP contribution < -0.4 is 4.90 Å². The lowest BCUT2D eigenvalue weighted by Crippen LogP contribution is -2.31. The third-order valence-corrected chi connectivity index (χ3v) is 4.54. The fraction of sp³-hybridized carbons (Fsp3) is 0.500. The van der Waals surface area contributed by atoms with Crippen LogP contribution in [-0.4, -0.2) is 11.8 Å². The van der Waals surface area contributed by atoms with Gasteiger partial charge in [-0.05, 0) is 43.7 Å². The van der Waals surface area contributed by atoms with E-state index in [0.29, 0.717) is 5.92 Å². The first-order valence-corrected chi connectivity index (χ1v) is 7.03. The maximum Gasteiger partial charge on any atom is 0.237 e. The van der Waals surface area contributed by atoms with E-state index in [1.165, 1.54) is 4.90 Å². The molecule has 1 aromatic carbocycles. The lowest BCUT2D eigenvalue weighted by molar-refractivity contribution is -0.122. The average molecular weight is 257 g/mol. The van der Waals surface area contributed by atoms with Gasteiger partial charge in [-0.25, -0.2) is 4.90 Å². The van der Waals surface area contributed by atoms with Crippen LogP contribution in [0.2, 0.25) is 0 Å². The number of rotatable bonds is 1. The summed E-state index contributed by atoms with van der Waals surface area (Å²) < 4.78 is 0. The second-order valence-corrected chi connectivity index (χ2v) is 5.93. The van der Waals surface area contributed by atoms with Gasteiger partial charge in [-0.2, -0.15) is 0 Å². The Balaban J connectivity index is 1.98. The highest BCUT2D eigenvalue weighted by Gasteiger charge is 2.50. The molecule has 100 valence electrons. The molecule has 0 aromatic heterocycles. The first-order valence-electron chi connectivity index (χ1n) is 7.03. The zero-order valence-corrected chi connectivity index (χ0v) is 11.4. The molecule has 3 nitrogen and oxygen atoms in total. The van der Waals surface area contributed by atoms with Crippen LogP contribution in [0, 0.1) is 24.7 Å². The number of para-hydroxylation sites is 1. The first-order chi connectivity index (χ1) is 9.09. The van der Waals surface area contributed by atoms with E-state index in [1.54, 1.807) is 0 Å². The molecule has 1 saturated heterocycles. The zero-order chi connectivity index (χ0) is 13.6. The molecule has 0 spiro atoms. The van der Waals surface area contributed by atoms with Crippen molar-refractivity contribution < 1.29 is 9.59 Å². The van der Waals surface area contributed by atoms with Gasteiger partial charge >= 0.3 is 0 Å². The molecule has 0 bridgehead atoms. The number of imide groups is 1. The maximum absolute atomic E-state index is 12.6. The summed E-state index contributed by atoms with van der Waals surface area (Å²) in [5.41, 5.74) is 1.75. The second-order valence-electron chi connectivity index (χ2n) is 5.93. The van der Waals surface area contributed by atoms with Gasteiger partial charge in [0, 0.05) is 0 Å². The number of benzene rings is 1. The molecule has 19 heavy (non-hydrogen) atoms. The normalized spacial score (nSPS) is 30.6. The molecule has 1 saturated carbocycles. The molecule has 1 aliphatic carbocycles. The molecule has 3 heteroatoms. The van der Waals surface area contributed by atoms with Crippen molar-refractivity contribution in [3.8, 4) is 0 Å². The van der Waals surface area contributed by atoms with Crippen molar-refractivity contribution in [2.24, 2.45) is 17.8 Å². The molecule has 3 atom stereocenters. The van der Waals surface area contributed by atoms with Gasteiger partial charge in [0.15, 0.2) is 0 Å². The minimum atomic E-state index is -0.0872. The number of hydrogen-bond donors (Lipinski definition) is 0. The van der Waals surface area contributed by atoms with Crippen LogP contribution in [0.25, 0.3) is 0 Å². The molecular weight excluding hydrogens is 238 g/mol. The average Bonchev–Trinajstić information content (AvgIpc) is 2.63. The molecule has 0 radical (unpaired) electrons. The van der Waals surface area contributed by atoms with E-state index in [0.717, 1.165) is 30.5 Å². The number of amides is 2. The minimum absolute atomic E-state index is 0.0100. The number of aryl methyl sites for hydroxylation is 1.